The minimum Gasteiger partial charge on any atom is -0.387 e. The standard InChI is InChI=1S/C10H16ClN3S/c1-7(10(12)13)5-14(2)6-8-3-4-9(11)15-8/h3-4,7H,5-6H2,1-2H3,(H3,12,13). The zero-order chi connectivity index (χ0) is 11.4. The van der Waals surface area contributed by atoms with Gasteiger partial charge in [0.1, 0.15) is 0 Å². The van der Waals surface area contributed by atoms with E-state index in [0.717, 1.165) is 17.4 Å². The summed E-state index contributed by atoms with van der Waals surface area (Å²) in [6.45, 7) is 3.61. The molecule has 3 nitrogen and oxygen atoms in total. The third-order valence-electron chi connectivity index (χ3n) is 2.17. The Hall–Kier alpha value is -0.580. The molecule has 0 amide bonds. The van der Waals surface area contributed by atoms with Crippen molar-refractivity contribution in [1.29, 1.82) is 5.41 Å². The topological polar surface area (TPSA) is 53.1 Å². The van der Waals surface area contributed by atoms with Crippen molar-refractivity contribution < 1.29 is 0 Å². The Bertz CT molecular complexity index is 337. The number of hydrogen-bond acceptors (Lipinski definition) is 3. The molecule has 1 heterocycles. The number of nitrogens with two attached hydrogens (primary N) is 1. The Labute approximate surface area is 99.3 Å². The summed E-state index contributed by atoms with van der Waals surface area (Å²) in [7, 11) is 2.02. The summed E-state index contributed by atoms with van der Waals surface area (Å²) < 4.78 is 0.818. The van der Waals surface area contributed by atoms with Gasteiger partial charge in [0.25, 0.3) is 0 Å². The molecule has 0 saturated carbocycles. The van der Waals surface area contributed by atoms with Crippen LogP contribution in [0.3, 0.4) is 0 Å². The summed E-state index contributed by atoms with van der Waals surface area (Å²) in [5.74, 6) is 0.344. The molecule has 1 atom stereocenters. The van der Waals surface area contributed by atoms with Crippen LogP contribution in [0.25, 0.3) is 0 Å². The molecule has 1 rings (SSSR count). The van der Waals surface area contributed by atoms with Crippen molar-refractivity contribution >= 4 is 28.8 Å². The molecule has 15 heavy (non-hydrogen) atoms. The van der Waals surface area contributed by atoms with Crippen LogP contribution in [0, 0.1) is 11.3 Å². The van der Waals surface area contributed by atoms with Crippen LogP contribution < -0.4 is 5.73 Å². The minimum atomic E-state index is 0.102. The maximum atomic E-state index is 7.31. The number of nitrogens with one attached hydrogen (secondary N) is 1. The van der Waals surface area contributed by atoms with Crippen molar-refractivity contribution in [3.05, 3.63) is 21.3 Å². The highest BCUT2D eigenvalue weighted by Gasteiger charge is 2.10. The average Bonchev–Trinajstić information content (AvgIpc) is 2.50. The molecule has 0 saturated heterocycles. The smallest absolute Gasteiger partial charge is 0.0947 e. The van der Waals surface area contributed by atoms with Gasteiger partial charge in [0.15, 0.2) is 0 Å². The monoisotopic (exact) mass is 245 g/mol. The van der Waals surface area contributed by atoms with E-state index in [2.05, 4.69) is 4.90 Å². The summed E-state index contributed by atoms with van der Waals surface area (Å²) in [5.41, 5.74) is 5.42. The normalized spacial score (nSPS) is 13.1. The number of nitrogens with zero attached hydrogens (tertiary/aromatic N) is 1. The van der Waals surface area contributed by atoms with E-state index in [-0.39, 0.29) is 11.8 Å². The van der Waals surface area contributed by atoms with Gasteiger partial charge in [-0.2, -0.15) is 0 Å². The molecule has 0 aromatic carbocycles. The first-order valence-corrected chi connectivity index (χ1v) is 5.95. The molecule has 3 N–H and O–H groups in total. The van der Waals surface area contributed by atoms with Crippen LogP contribution in [0.2, 0.25) is 4.34 Å². The van der Waals surface area contributed by atoms with E-state index in [1.807, 2.05) is 26.1 Å². The van der Waals surface area contributed by atoms with Gasteiger partial charge in [-0.1, -0.05) is 18.5 Å². The highest BCUT2D eigenvalue weighted by atomic mass is 35.5. The first kappa shape index (κ1) is 12.5. The lowest BCUT2D eigenvalue weighted by Gasteiger charge is -2.19. The van der Waals surface area contributed by atoms with E-state index in [9.17, 15) is 0 Å². The van der Waals surface area contributed by atoms with Gasteiger partial charge in [-0.25, -0.2) is 0 Å². The summed E-state index contributed by atoms with van der Waals surface area (Å²) in [4.78, 5) is 3.38. The van der Waals surface area contributed by atoms with Gasteiger partial charge in [-0.05, 0) is 19.2 Å². The second-order valence-electron chi connectivity index (χ2n) is 3.76. The SMILES string of the molecule is CC(CN(C)Cc1ccc(Cl)s1)C(=N)N. The molecule has 84 valence electrons. The molecule has 0 bridgehead atoms. The van der Waals surface area contributed by atoms with Crippen molar-refractivity contribution in [3.63, 3.8) is 0 Å². The van der Waals surface area contributed by atoms with Crippen molar-refractivity contribution in [3.8, 4) is 0 Å². The van der Waals surface area contributed by atoms with Crippen LogP contribution in [0.4, 0.5) is 0 Å². The average molecular weight is 246 g/mol. The molecule has 0 spiro atoms. The van der Waals surface area contributed by atoms with Gasteiger partial charge in [-0.15, -0.1) is 11.3 Å². The predicted molar refractivity (Wildman–Crippen MR) is 66.7 cm³/mol. The quantitative estimate of drug-likeness (QED) is 0.618. The number of hydrogen-bond donors (Lipinski definition) is 2. The van der Waals surface area contributed by atoms with Crippen molar-refractivity contribution in [1.82, 2.24) is 4.90 Å². The Balaban J connectivity index is 2.42. The number of amidine groups is 1. The van der Waals surface area contributed by atoms with Crippen LogP contribution in [0.5, 0.6) is 0 Å². The molecular formula is C10H16ClN3S. The molecule has 5 heteroatoms. The van der Waals surface area contributed by atoms with Crippen LogP contribution >= 0.6 is 22.9 Å². The van der Waals surface area contributed by atoms with E-state index < -0.39 is 0 Å². The maximum absolute atomic E-state index is 7.31. The fourth-order valence-corrected chi connectivity index (χ4v) is 2.50. The largest absolute Gasteiger partial charge is 0.387 e. The van der Waals surface area contributed by atoms with Gasteiger partial charge in [-0.3, -0.25) is 5.41 Å². The van der Waals surface area contributed by atoms with E-state index >= 15 is 0 Å². The second-order valence-corrected chi connectivity index (χ2v) is 5.56. The van der Waals surface area contributed by atoms with Crippen molar-refractivity contribution in [2.45, 2.75) is 13.5 Å². The molecular weight excluding hydrogens is 230 g/mol. The Morgan fingerprint density at radius 1 is 1.67 bits per heavy atom. The minimum absolute atomic E-state index is 0.102. The maximum Gasteiger partial charge on any atom is 0.0947 e. The van der Waals surface area contributed by atoms with Gasteiger partial charge < -0.3 is 10.6 Å². The molecule has 1 unspecified atom stereocenters. The fraction of sp³-hybridized carbons (Fsp3) is 0.500. The van der Waals surface area contributed by atoms with Crippen LogP contribution in [0.1, 0.15) is 11.8 Å². The molecule has 0 fully saturated rings. The first-order chi connectivity index (χ1) is 6.99. The van der Waals surface area contributed by atoms with Gasteiger partial charge in [0, 0.05) is 23.9 Å². The summed E-state index contributed by atoms with van der Waals surface area (Å²) in [5, 5.41) is 7.31. The van der Waals surface area contributed by atoms with E-state index in [4.69, 9.17) is 22.7 Å². The van der Waals surface area contributed by atoms with E-state index in [0.29, 0.717) is 0 Å². The van der Waals surface area contributed by atoms with Crippen LogP contribution in [-0.4, -0.2) is 24.3 Å². The van der Waals surface area contributed by atoms with Gasteiger partial charge in [0.2, 0.25) is 0 Å². The molecule has 1 aromatic rings. The molecule has 0 radical (unpaired) electrons. The lowest BCUT2D eigenvalue weighted by molar-refractivity contribution is 0.309. The van der Waals surface area contributed by atoms with Gasteiger partial charge in [0.05, 0.1) is 10.2 Å². The Kier molecular flexibility index (Phi) is 4.57. The third-order valence-corrected chi connectivity index (χ3v) is 3.39. The first-order valence-electron chi connectivity index (χ1n) is 4.75. The zero-order valence-corrected chi connectivity index (χ0v) is 10.5. The third kappa shape index (κ3) is 4.20. The fourth-order valence-electron chi connectivity index (χ4n) is 1.33. The van der Waals surface area contributed by atoms with E-state index in [1.54, 1.807) is 11.3 Å². The Morgan fingerprint density at radius 3 is 2.80 bits per heavy atom. The molecule has 0 aliphatic heterocycles. The lowest BCUT2D eigenvalue weighted by Crippen LogP contribution is -2.31. The summed E-state index contributed by atoms with van der Waals surface area (Å²) >= 11 is 7.44. The molecule has 0 aliphatic carbocycles. The lowest BCUT2D eigenvalue weighted by atomic mass is 10.1. The second kappa shape index (κ2) is 5.49. The van der Waals surface area contributed by atoms with E-state index in [1.165, 1.54) is 4.88 Å². The highest BCUT2D eigenvalue weighted by molar-refractivity contribution is 7.16. The Morgan fingerprint density at radius 2 is 2.33 bits per heavy atom. The summed E-state index contributed by atoms with van der Waals surface area (Å²) in [6.07, 6.45) is 0. The summed E-state index contributed by atoms with van der Waals surface area (Å²) in [6, 6.07) is 3.94. The predicted octanol–water partition coefficient (Wildman–Crippen LogP) is 2.41. The van der Waals surface area contributed by atoms with Crippen LogP contribution in [-0.2, 0) is 6.54 Å². The number of halogens is 1. The van der Waals surface area contributed by atoms with Crippen molar-refractivity contribution in [2.75, 3.05) is 13.6 Å². The van der Waals surface area contributed by atoms with Crippen LogP contribution in [0.15, 0.2) is 12.1 Å². The van der Waals surface area contributed by atoms with Crippen molar-refractivity contribution in [2.24, 2.45) is 11.7 Å². The molecule has 0 aliphatic rings. The number of thiophene rings is 1. The molecule has 1 aromatic heterocycles. The number of rotatable bonds is 5. The van der Waals surface area contributed by atoms with Gasteiger partial charge >= 0.3 is 0 Å². The zero-order valence-electron chi connectivity index (χ0n) is 8.96. The highest BCUT2D eigenvalue weighted by Crippen LogP contribution is 2.22.